The molecule has 1 fully saturated rings. The molecule has 0 aliphatic heterocycles. The number of hydrogen-bond donors (Lipinski definition) is 0. The summed E-state index contributed by atoms with van der Waals surface area (Å²) < 4.78 is 0. The highest BCUT2D eigenvalue weighted by Crippen LogP contribution is 2.58. The quantitative estimate of drug-likeness (QED) is 0.419. The van der Waals surface area contributed by atoms with Gasteiger partial charge >= 0.3 is 0 Å². The molecule has 0 saturated heterocycles. The molecule has 1 aliphatic rings. The van der Waals surface area contributed by atoms with Crippen LogP contribution in [0, 0.1) is 23.2 Å². The third-order valence-corrected chi connectivity index (χ3v) is 5.19. The number of unbranched alkanes of at least 4 members (excludes halogenated alkanes) is 1. The average molecular weight is 252 g/mol. The topological polar surface area (TPSA) is 0 Å². The third-order valence-electron chi connectivity index (χ3n) is 5.19. The molecule has 0 amide bonds. The first-order valence-corrected chi connectivity index (χ1v) is 8.51. The van der Waals surface area contributed by atoms with Gasteiger partial charge in [-0.2, -0.15) is 0 Å². The lowest BCUT2D eigenvalue weighted by Crippen LogP contribution is -2.08. The van der Waals surface area contributed by atoms with Crippen LogP contribution in [0.4, 0.5) is 0 Å². The van der Waals surface area contributed by atoms with Crippen molar-refractivity contribution in [1.82, 2.24) is 0 Å². The second-order valence-corrected chi connectivity index (χ2v) is 7.48. The van der Waals surface area contributed by atoms with Crippen molar-refractivity contribution < 1.29 is 0 Å². The summed E-state index contributed by atoms with van der Waals surface area (Å²) in [6, 6.07) is 0. The van der Waals surface area contributed by atoms with E-state index in [0.29, 0.717) is 0 Å². The molecule has 1 rings (SSSR count). The van der Waals surface area contributed by atoms with Gasteiger partial charge in [-0.05, 0) is 42.4 Å². The fraction of sp³-hybridized carbons (Fsp3) is 1.00. The van der Waals surface area contributed by atoms with Gasteiger partial charge in [-0.3, -0.25) is 0 Å². The second kappa shape index (κ2) is 7.56. The van der Waals surface area contributed by atoms with Crippen molar-refractivity contribution in [3.05, 3.63) is 0 Å². The highest BCUT2D eigenvalue weighted by atomic mass is 14.5. The Bertz CT molecular complexity index is 220. The van der Waals surface area contributed by atoms with E-state index in [2.05, 4.69) is 34.6 Å². The van der Waals surface area contributed by atoms with Crippen LogP contribution in [0.15, 0.2) is 0 Å². The van der Waals surface area contributed by atoms with Crippen molar-refractivity contribution in [3.8, 4) is 0 Å². The molecule has 0 nitrogen and oxygen atoms in total. The molecule has 0 heteroatoms. The minimum absolute atomic E-state index is 0.725. The molecule has 108 valence electrons. The monoisotopic (exact) mass is 252 g/mol. The van der Waals surface area contributed by atoms with Crippen molar-refractivity contribution in [2.45, 2.75) is 92.4 Å². The normalized spacial score (nSPS) is 30.2. The molecule has 0 aromatic rings. The van der Waals surface area contributed by atoms with Crippen LogP contribution in [-0.4, -0.2) is 0 Å². The summed E-state index contributed by atoms with van der Waals surface area (Å²) in [5.74, 6) is 2.95. The molecular formula is C18H36. The average Bonchev–Trinajstić information content (AvgIpc) is 2.94. The Morgan fingerprint density at radius 3 is 2.28 bits per heavy atom. The van der Waals surface area contributed by atoms with E-state index in [4.69, 9.17) is 0 Å². The molecule has 0 heterocycles. The SMILES string of the molecule is CCCCC1CC1(C)CC(C)CCC(C)CCC. The summed E-state index contributed by atoms with van der Waals surface area (Å²) in [5.41, 5.74) is 0.725. The predicted octanol–water partition coefficient (Wildman–Crippen LogP) is 6.45. The van der Waals surface area contributed by atoms with Crippen LogP contribution >= 0.6 is 0 Å². The Balaban J connectivity index is 2.15. The maximum atomic E-state index is 2.54. The van der Waals surface area contributed by atoms with Gasteiger partial charge in [0.15, 0.2) is 0 Å². The lowest BCUT2D eigenvalue weighted by molar-refractivity contribution is 0.320. The molecule has 0 spiro atoms. The maximum Gasteiger partial charge on any atom is -0.0292 e. The third kappa shape index (κ3) is 5.33. The van der Waals surface area contributed by atoms with Gasteiger partial charge in [0.05, 0.1) is 0 Å². The molecule has 0 bridgehead atoms. The van der Waals surface area contributed by atoms with Gasteiger partial charge in [0.2, 0.25) is 0 Å². The fourth-order valence-corrected chi connectivity index (χ4v) is 3.76. The van der Waals surface area contributed by atoms with E-state index >= 15 is 0 Å². The van der Waals surface area contributed by atoms with Crippen LogP contribution in [0.3, 0.4) is 0 Å². The summed E-state index contributed by atoms with van der Waals surface area (Å²) in [6.07, 6.45) is 13.0. The molecule has 4 unspecified atom stereocenters. The molecule has 0 N–H and O–H groups in total. The smallest absolute Gasteiger partial charge is 0.0292 e. The molecule has 18 heavy (non-hydrogen) atoms. The minimum Gasteiger partial charge on any atom is -0.0654 e. The van der Waals surface area contributed by atoms with Gasteiger partial charge in [-0.15, -0.1) is 0 Å². The van der Waals surface area contributed by atoms with E-state index in [0.717, 1.165) is 23.2 Å². The van der Waals surface area contributed by atoms with Gasteiger partial charge in [-0.25, -0.2) is 0 Å². The zero-order chi connectivity index (χ0) is 13.6. The Morgan fingerprint density at radius 2 is 1.67 bits per heavy atom. The fourth-order valence-electron chi connectivity index (χ4n) is 3.76. The van der Waals surface area contributed by atoms with E-state index in [1.54, 1.807) is 0 Å². The summed E-state index contributed by atoms with van der Waals surface area (Å²) in [7, 11) is 0. The standard InChI is InChI=1S/C18H36/c1-6-8-10-17-14-18(17,5)13-16(4)12-11-15(3)9-7-2/h15-17H,6-14H2,1-5H3. The van der Waals surface area contributed by atoms with Crippen LogP contribution in [0.2, 0.25) is 0 Å². The maximum absolute atomic E-state index is 2.54. The van der Waals surface area contributed by atoms with Crippen LogP contribution < -0.4 is 0 Å². The number of hydrogen-bond acceptors (Lipinski definition) is 0. The largest absolute Gasteiger partial charge is 0.0654 e. The summed E-state index contributed by atoms with van der Waals surface area (Å²) in [6.45, 7) is 12.1. The lowest BCUT2D eigenvalue weighted by Gasteiger charge is -2.19. The van der Waals surface area contributed by atoms with Crippen LogP contribution in [-0.2, 0) is 0 Å². The van der Waals surface area contributed by atoms with Crippen LogP contribution in [0.1, 0.15) is 92.4 Å². The molecule has 0 aromatic carbocycles. The van der Waals surface area contributed by atoms with Gasteiger partial charge < -0.3 is 0 Å². The molecule has 1 saturated carbocycles. The summed E-state index contributed by atoms with van der Waals surface area (Å²) >= 11 is 0. The lowest BCUT2D eigenvalue weighted by atomic mass is 9.86. The second-order valence-electron chi connectivity index (χ2n) is 7.48. The van der Waals surface area contributed by atoms with E-state index in [-0.39, 0.29) is 0 Å². The van der Waals surface area contributed by atoms with Crippen molar-refractivity contribution in [2.75, 3.05) is 0 Å². The predicted molar refractivity (Wildman–Crippen MR) is 82.8 cm³/mol. The minimum atomic E-state index is 0.725. The molecule has 0 aromatic heterocycles. The van der Waals surface area contributed by atoms with Crippen molar-refractivity contribution in [3.63, 3.8) is 0 Å². The molecule has 1 aliphatic carbocycles. The zero-order valence-electron chi connectivity index (χ0n) is 13.6. The molecule has 4 atom stereocenters. The van der Waals surface area contributed by atoms with Gasteiger partial charge in [0.1, 0.15) is 0 Å². The highest BCUT2D eigenvalue weighted by molar-refractivity contribution is 4.99. The van der Waals surface area contributed by atoms with Gasteiger partial charge in [0.25, 0.3) is 0 Å². The van der Waals surface area contributed by atoms with Crippen molar-refractivity contribution in [1.29, 1.82) is 0 Å². The Hall–Kier alpha value is 0. The van der Waals surface area contributed by atoms with Crippen molar-refractivity contribution >= 4 is 0 Å². The van der Waals surface area contributed by atoms with Crippen LogP contribution in [0.25, 0.3) is 0 Å². The van der Waals surface area contributed by atoms with Gasteiger partial charge in [0, 0.05) is 0 Å². The summed E-state index contributed by atoms with van der Waals surface area (Å²) in [4.78, 5) is 0. The van der Waals surface area contributed by atoms with E-state index < -0.39 is 0 Å². The van der Waals surface area contributed by atoms with E-state index in [1.165, 1.54) is 57.8 Å². The Kier molecular flexibility index (Phi) is 6.74. The first-order chi connectivity index (χ1) is 8.51. The highest BCUT2D eigenvalue weighted by Gasteiger charge is 2.48. The zero-order valence-corrected chi connectivity index (χ0v) is 13.6. The molecular weight excluding hydrogens is 216 g/mol. The van der Waals surface area contributed by atoms with Gasteiger partial charge in [-0.1, -0.05) is 73.1 Å². The Morgan fingerprint density at radius 1 is 1.00 bits per heavy atom. The number of rotatable bonds is 10. The Labute approximate surface area is 116 Å². The first-order valence-electron chi connectivity index (χ1n) is 8.51. The van der Waals surface area contributed by atoms with Crippen LogP contribution in [0.5, 0.6) is 0 Å². The van der Waals surface area contributed by atoms with Crippen molar-refractivity contribution in [2.24, 2.45) is 23.2 Å². The molecule has 0 radical (unpaired) electrons. The summed E-state index contributed by atoms with van der Waals surface area (Å²) in [5, 5.41) is 0. The van der Waals surface area contributed by atoms with E-state index in [9.17, 15) is 0 Å². The first kappa shape index (κ1) is 16.1. The van der Waals surface area contributed by atoms with E-state index in [1.807, 2.05) is 0 Å².